The van der Waals surface area contributed by atoms with E-state index < -0.39 is 0 Å². The minimum atomic E-state index is 0. The van der Waals surface area contributed by atoms with Gasteiger partial charge in [-0.1, -0.05) is 29.8 Å². The molecule has 0 spiro atoms. The first-order chi connectivity index (χ1) is 10.2. The van der Waals surface area contributed by atoms with Crippen molar-refractivity contribution in [3.05, 3.63) is 58.6 Å². The molecule has 0 aliphatic rings. The fraction of sp³-hybridized carbons (Fsp3) is 0.294. The molecule has 2 aromatic rings. The van der Waals surface area contributed by atoms with Gasteiger partial charge >= 0.3 is 0 Å². The number of benzene rings is 2. The van der Waals surface area contributed by atoms with Crippen LogP contribution in [0, 0.1) is 0 Å². The second-order valence-corrected chi connectivity index (χ2v) is 5.18. The van der Waals surface area contributed by atoms with Gasteiger partial charge in [0.25, 0.3) is 0 Å². The van der Waals surface area contributed by atoms with Gasteiger partial charge in [0.1, 0.15) is 0 Å². The first kappa shape index (κ1) is 18.6. The summed E-state index contributed by atoms with van der Waals surface area (Å²) >= 11 is 5.86. The van der Waals surface area contributed by atoms with Crippen LogP contribution in [-0.4, -0.2) is 20.8 Å². The number of hydrogen-bond acceptors (Lipinski definition) is 3. The Labute approximate surface area is 143 Å². The highest BCUT2D eigenvalue weighted by atomic mass is 35.5. The van der Waals surface area contributed by atoms with E-state index >= 15 is 0 Å². The monoisotopic (exact) mass is 340 g/mol. The van der Waals surface area contributed by atoms with Gasteiger partial charge in [0, 0.05) is 11.6 Å². The van der Waals surface area contributed by atoms with E-state index in [0.29, 0.717) is 0 Å². The number of rotatable bonds is 7. The molecule has 0 aromatic heterocycles. The Kier molecular flexibility index (Phi) is 8.10. The van der Waals surface area contributed by atoms with Crippen LogP contribution >= 0.6 is 11.6 Å². The molecule has 0 amide bonds. The molecule has 0 saturated heterocycles. The smallest absolute Gasteiger partial charge is 0.160 e. The molecule has 120 valence electrons. The van der Waals surface area contributed by atoms with Crippen molar-refractivity contribution in [2.75, 3.05) is 20.8 Å². The number of hydrogen-bond donors (Lipinski definition) is 1. The first-order valence-electron chi connectivity index (χ1n) is 6.89. The minimum Gasteiger partial charge on any atom is -1.00 e. The molecule has 0 fully saturated rings. The van der Waals surface area contributed by atoms with Gasteiger partial charge in [0.05, 0.1) is 14.2 Å². The summed E-state index contributed by atoms with van der Waals surface area (Å²) in [7, 11) is 3.30. The zero-order valence-corrected chi connectivity index (χ0v) is 14.2. The van der Waals surface area contributed by atoms with Gasteiger partial charge in [-0.05, 0) is 48.4 Å². The standard InChI is InChI=1S/C17H20ClNO2.ClH/c1-20-16-8-5-13(11-17(16)21-2)9-10-19-12-14-3-6-15(18)7-4-14;/h3-8,11,19H,9-10,12H2,1-2H3;1H/p-1. The number of halogens is 2. The molecule has 0 unspecified atom stereocenters. The summed E-state index contributed by atoms with van der Waals surface area (Å²) in [6.45, 7) is 1.74. The molecule has 0 aliphatic heterocycles. The van der Waals surface area contributed by atoms with Gasteiger partial charge in [-0.3, -0.25) is 0 Å². The van der Waals surface area contributed by atoms with Crippen LogP contribution in [0.5, 0.6) is 11.5 Å². The van der Waals surface area contributed by atoms with E-state index in [0.717, 1.165) is 36.0 Å². The Morgan fingerprint density at radius 3 is 2.18 bits per heavy atom. The Morgan fingerprint density at radius 1 is 0.909 bits per heavy atom. The average molecular weight is 341 g/mol. The van der Waals surface area contributed by atoms with Crippen molar-refractivity contribution in [2.24, 2.45) is 0 Å². The summed E-state index contributed by atoms with van der Waals surface area (Å²) < 4.78 is 10.5. The maximum Gasteiger partial charge on any atom is 0.160 e. The van der Waals surface area contributed by atoms with Crippen molar-refractivity contribution in [2.45, 2.75) is 13.0 Å². The lowest BCUT2D eigenvalue weighted by Gasteiger charge is -2.10. The van der Waals surface area contributed by atoms with E-state index in [-0.39, 0.29) is 12.4 Å². The second-order valence-electron chi connectivity index (χ2n) is 4.74. The van der Waals surface area contributed by atoms with Crippen LogP contribution in [0.2, 0.25) is 5.02 Å². The van der Waals surface area contributed by atoms with Crippen LogP contribution in [0.4, 0.5) is 0 Å². The first-order valence-corrected chi connectivity index (χ1v) is 7.27. The fourth-order valence-electron chi connectivity index (χ4n) is 2.10. The molecule has 0 radical (unpaired) electrons. The topological polar surface area (TPSA) is 30.5 Å². The number of ether oxygens (including phenoxy) is 2. The summed E-state index contributed by atoms with van der Waals surface area (Å²) in [5, 5.41) is 4.19. The van der Waals surface area contributed by atoms with Gasteiger partial charge in [0.2, 0.25) is 0 Å². The molecule has 0 atom stereocenters. The highest BCUT2D eigenvalue weighted by molar-refractivity contribution is 6.30. The second kappa shape index (κ2) is 9.57. The minimum absolute atomic E-state index is 0. The predicted molar refractivity (Wildman–Crippen MR) is 86.4 cm³/mol. The third-order valence-corrected chi connectivity index (χ3v) is 3.53. The van der Waals surface area contributed by atoms with Crippen molar-refractivity contribution in [3.8, 4) is 11.5 Å². The Bertz CT molecular complexity index is 573. The van der Waals surface area contributed by atoms with E-state index in [1.165, 1.54) is 11.1 Å². The molecule has 2 aromatic carbocycles. The maximum absolute atomic E-state index is 5.86. The SMILES string of the molecule is COc1ccc(CCNCc2ccc(Cl)cc2)cc1OC.[Cl-]. The fourth-order valence-corrected chi connectivity index (χ4v) is 2.23. The van der Waals surface area contributed by atoms with Crippen LogP contribution in [0.15, 0.2) is 42.5 Å². The highest BCUT2D eigenvalue weighted by Gasteiger charge is 2.04. The number of methoxy groups -OCH3 is 2. The summed E-state index contributed by atoms with van der Waals surface area (Å²) in [5.41, 5.74) is 2.45. The zero-order chi connectivity index (χ0) is 15.1. The van der Waals surface area contributed by atoms with Crippen molar-refractivity contribution in [1.82, 2.24) is 5.32 Å². The molecule has 0 saturated carbocycles. The van der Waals surface area contributed by atoms with Gasteiger partial charge < -0.3 is 27.2 Å². The van der Waals surface area contributed by atoms with Gasteiger partial charge in [-0.2, -0.15) is 0 Å². The summed E-state index contributed by atoms with van der Waals surface area (Å²) in [4.78, 5) is 0. The van der Waals surface area contributed by atoms with E-state index in [9.17, 15) is 0 Å². The predicted octanol–water partition coefficient (Wildman–Crippen LogP) is 0.693. The van der Waals surface area contributed by atoms with Crippen LogP contribution in [0.1, 0.15) is 11.1 Å². The summed E-state index contributed by atoms with van der Waals surface area (Å²) in [6.07, 6.45) is 0.938. The Hall–Kier alpha value is -1.42. The van der Waals surface area contributed by atoms with E-state index in [1.54, 1.807) is 14.2 Å². The van der Waals surface area contributed by atoms with Gasteiger partial charge in [-0.25, -0.2) is 0 Å². The Balaban J connectivity index is 0.00000242. The van der Waals surface area contributed by atoms with E-state index in [2.05, 4.69) is 11.4 Å². The zero-order valence-electron chi connectivity index (χ0n) is 12.7. The number of nitrogens with one attached hydrogen (secondary N) is 1. The molecule has 0 aliphatic carbocycles. The third kappa shape index (κ3) is 5.41. The quantitative estimate of drug-likeness (QED) is 0.752. The van der Waals surface area contributed by atoms with Crippen LogP contribution in [0.25, 0.3) is 0 Å². The molecule has 5 heteroatoms. The summed E-state index contributed by atoms with van der Waals surface area (Å²) in [5.74, 6) is 1.53. The molecule has 1 N–H and O–H groups in total. The average Bonchev–Trinajstić information content (AvgIpc) is 2.53. The third-order valence-electron chi connectivity index (χ3n) is 3.28. The van der Waals surface area contributed by atoms with E-state index in [4.69, 9.17) is 21.1 Å². The molecule has 22 heavy (non-hydrogen) atoms. The van der Waals surface area contributed by atoms with Crippen molar-refractivity contribution >= 4 is 11.6 Å². The van der Waals surface area contributed by atoms with Crippen LogP contribution in [-0.2, 0) is 13.0 Å². The largest absolute Gasteiger partial charge is 1.00 e. The van der Waals surface area contributed by atoms with Crippen molar-refractivity contribution < 1.29 is 21.9 Å². The summed E-state index contributed by atoms with van der Waals surface area (Å²) in [6, 6.07) is 13.9. The van der Waals surface area contributed by atoms with Gasteiger partial charge in [0.15, 0.2) is 11.5 Å². The van der Waals surface area contributed by atoms with Crippen LogP contribution in [0.3, 0.4) is 0 Å². The maximum atomic E-state index is 5.86. The normalized spacial score (nSPS) is 9.95. The lowest BCUT2D eigenvalue weighted by Crippen LogP contribution is -3.00. The highest BCUT2D eigenvalue weighted by Crippen LogP contribution is 2.27. The van der Waals surface area contributed by atoms with Crippen LogP contribution < -0.4 is 27.2 Å². The molecule has 2 rings (SSSR count). The molecule has 3 nitrogen and oxygen atoms in total. The molecular weight excluding hydrogens is 321 g/mol. The van der Waals surface area contributed by atoms with E-state index in [1.807, 2.05) is 36.4 Å². The van der Waals surface area contributed by atoms with Crippen molar-refractivity contribution in [3.63, 3.8) is 0 Å². The molecule has 0 bridgehead atoms. The lowest BCUT2D eigenvalue weighted by molar-refractivity contribution is -0.00000477. The van der Waals surface area contributed by atoms with Crippen molar-refractivity contribution in [1.29, 1.82) is 0 Å². The molecular formula is C17H20Cl2NO2-. The Morgan fingerprint density at radius 2 is 1.55 bits per heavy atom. The molecule has 0 heterocycles. The lowest BCUT2D eigenvalue weighted by atomic mass is 10.1. The van der Waals surface area contributed by atoms with Gasteiger partial charge in [-0.15, -0.1) is 0 Å².